The van der Waals surface area contributed by atoms with E-state index in [1.807, 2.05) is 0 Å². The summed E-state index contributed by atoms with van der Waals surface area (Å²) in [6.45, 7) is 4.88. The molecule has 1 aromatic carbocycles. The highest BCUT2D eigenvalue weighted by molar-refractivity contribution is 5.14. The molecule has 19 heavy (non-hydrogen) atoms. The van der Waals surface area contributed by atoms with E-state index in [1.165, 1.54) is 63.8 Å². The Balaban J connectivity index is 1.55. The summed E-state index contributed by atoms with van der Waals surface area (Å²) in [5.74, 6) is 0.976. The summed E-state index contributed by atoms with van der Waals surface area (Å²) in [5, 5.41) is 3.44. The van der Waals surface area contributed by atoms with Crippen LogP contribution in [0.5, 0.6) is 0 Å². The lowest BCUT2D eigenvalue weighted by atomic mass is 9.93. The summed E-state index contributed by atoms with van der Waals surface area (Å²) < 4.78 is 0. The molecule has 0 aliphatic carbocycles. The zero-order chi connectivity index (χ0) is 13.3. The van der Waals surface area contributed by atoms with Gasteiger partial charge in [-0.05, 0) is 70.3 Å². The van der Waals surface area contributed by atoms with E-state index in [2.05, 4.69) is 47.6 Å². The number of hydrogen-bond acceptors (Lipinski definition) is 2. The van der Waals surface area contributed by atoms with Gasteiger partial charge in [-0.3, -0.25) is 0 Å². The first-order chi connectivity index (χ1) is 9.34. The molecule has 1 saturated heterocycles. The van der Waals surface area contributed by atoms with Crippen molar-refractivity contribution in [1.82, 2.24) is 10.2 Å². The molecule has 0 unspecified atom stereocenters. The van der Waals surface area contributed by atoms with E-state index in [4.69, 9.17) is 0 Å². The third-order valence-electron chi connectivity index (χ3n) is 4.24. The van der Waals surface area contributed by atoms with Crippen LogP contribution in [0.3, 0.4) is 0 Å². The summed E-state index contributed by atoms with van der Waals surface area (Å²) in [6.07, 6.45) is 6.71. The Bertz CT molecular complexity index is 330. The molecule has 0 saturated carbocycles. The van der Waals surface area contributed by atoms with E-state index in [9.17, 15) is 0 Å². The van der Waals surface area contributed by atoms with Crippen LogP contribution in [0.1, 0.15) is 31.2 Å². The van der Waals surface area contributed by atoms with Crippen LogP contribution in [0.2, 0.25) is 0 Å². The predicted molar refractivity (Wildman–Crippen MR) is 82.5 cm³/mol. The van der Waals surface area contributed by atoms with Crippen molar-refractivity contribution >= 4 is 0 Å². The normalized spacial score (nSPS) is 16.9. The maximum Gasteiger partial charge on any atom is 0.00188 e. The second kappa shape index (κ2) is 8.34. The monoisotopic (exact) mass is 260 g/mol. The average molecular weight is 260 g/mol. The zero-order valence-electron chi connectivity index (χ0n) is 12.3. The van der Waals surface area contributed by atoms with Gasteiger partial charge in [0, 0.05) is 6.54 Å². The van der Waals surface area contributed by atoms with Gasteiger partial charge in [-0.2, -0.15) is 0 Å². The first-order valence-electron chi connectivity index (χ1n) is 7.78. The molecule has 0 aromatic heterocycles. The Morgan fingerprint density at radius 1 is 1.11 bits per heavy atom. The van der Waals surface area contributed by atoms with E-state index in [0.717, 1.165) is 5.92 Å². The lowest BCUT2D eigenvalue weighted by molar-refractivity contribution is 0.292. The number of hydrogen-bond donors (Lipinski definition) is 1. The summed E-state index contributed by atoms with van der Waals surface area (Å²) in [4.78, 5) is 2.48. The summed E-state index contributed by atoms with van der Waals surface area (Å²) in [5.41, 5.74) is 1.45. The molecule has 1 aliphatic rings. The number of benzene rings is 1. The van der Waals surface area contributed by atoms with Gasteiger partial charge in [0.15, 0.2) is 0 Å². The van der Waals surface area contributed by atoms with E-state index in [0.29, 0.717) is 0 Å². The molecular formula is C17H28N2. The van der Waals surface area contributed by atoms with Crippen LogP contribution in [0.15, 0.2) is 30.3 Å². The second-order valence-electron chi connectivity index (χ2n) is 5.87. The lowest BCUT2D eigenvalue weighted by Gasteiger charge is -2.23. The van der Waals surface area contributed by atoms with Crippen LogP contribution in [0, 0.1) is 5.92 Å². The van der Waals surface area contributed by atoms with Gasteiger partial charge in [-0.25, -0.2) is 0 Å². The topological polar surface area (TPSA) is 15.3 Å². The molecule has 1 aromatic rings. The maximum absolute atomic E-state index is 3.44. The summed E-state index contributed by atoms with van der Waals surface area (Å²) >= 11 is 0. The quantitative estimate of drug-likeness (QED) is 0.811. The highest BCUT2D eigenvalue weighted by Crippen LogP contribution is 2.17. The minimum Gasteiger partial charge on any atom is -0.317 e. The smallest absolute Gasteiger partial charge is 0.00188 e. The van der Waals surface area contributed by atoms with Crippen LogP contribution in [-0.4, -0.2) is 38.1 Å². The SMILES string of the molecule is CN(CCCC1CCNCC1)CCc1ccccc1. The van der Waals surface area contributed by atoms with E-state index in [-0.39, 0.29) is 0 Å². The van der Waals surface area contributed by atoms with Crippen molar-refractivity contribution in [1.29, 1.82) is 0 Å². The van der Waals surface area contributed by atoms with Crippen molar-refractivity contribution in [2.24, 2.45) is 5.92 Å². The molecule has 1 heterocycles. The molecule has 0 bridgehead atoms. The average Bonchev–Trinajstić information content (AvgIpc) is 2.47. The Morgan fingerprint density at radius 3 is 2.58 bits per heavy atom. The van der Waals surface area contributed by atoms with E-state index in [1.54, 1.807) is 0 Å². The van der Waals surface area contributed by atoms with E-state index < -0.39 is 0 Å². The summed E-state index contributed by atoms with van der Waals surface area (Å²) in [7, 11) is 2.26. The molecule has 106 valence electrons. The van der Waals surface area contributed by atoms with Crippen molar-refractivity contribution in [3.05, 3.63) is 35.9 Å². The summed E-state index contributed by atoms with van der Waals surface area (Å²) in [6, 6.07) is 10.8. The number of piperidine rings is 1. The van der Waals surface area contributed by atoms with Crippen molar-refractivity contribution in [3.8, 4) is 0 Å². The Hall–Kier alpha value is -0.860. The molecule has 2 heteroatoms. The first-order valence-corrected chi connectivity index (χ1v) is 7.78. The molecule has 0 amide bonds. The highest BCUT2D eigenvalue weighted by Gasteiger charge is 2.12. The lowest BCUT2D eigenvalue weighted by Crippen LogP contribution is -2.28. The third kappa shape index (κ3) is 5.75. The van der Waals surface area contributed by atoms with Crippen molar-refractivity contribution < 1.29 is 0 Å². The van der Waals surface area contributed by atoms with Crippen LogP contribution in [0.25, 0.3) is 0 Å². The first kappa shape index (κ1) is 14.5. The molecule has 0 spiro atoms. The minimum atomic E-state index is 0.976. The fraction of sp³-hybridized carbons (Fsp3) is 0.647. The van der Waals surface area contributed by atoms with E-state index >= 15 is 0 Å². The minimum absolute atomic E-state index is 0.976. The zero-order valence-corrected chi connectivity index (χ0v) is 12.3. The standard InChI is InChI=1S/C17H28N2/c1-19(15-11-16-6-3-2-4-7-16)14-5-8-17-9-12-18-13-10-17/h2-4,6-7,17-18H,5,8-15H2,1H3. The molecule has 2 nitrogen and oxygen atoms in total. The number of rotatable bonds is 7. The van der Waals surface area contributed by atoms with Crippen LogP contribution < -0.4 is 5.32 Å². The molecule has 1 fully saturated rings. The van der Waals surface area contributed by atoms with Crippen molar-refractivity contribution in [2.75, 3.05) is 33.2 Å². The largest absolute Gasteiger partial charge is 0.317 e. The Labute approximate surface area is 118 Å². The molecule has 1 N–H and O–H groups in total. The molecular weight excluding hydrogens is 232 g/mol. The molecule has 2 rings (SSSR count). The fourth-order valence-electron chi connectivity index (χ4n) is 2.90. The van der Waals surface area contributed by atoms with Crippen LogP contribution in [-0.2, 0) is 6.42 Å². The van der Waals surface area contributed by atoms with Crippen molar-refractivity contribution in [3.63, 3.8) is 0 Å². The van der Waals surface area contributed by atoms with Gasteiger partial charge >= 0.3 is 0 Å². The molecule has 0 radical (unpaired) electrons. The number of nitrogens with zero attached hydrogens (tertiary/aromatic N) is 1. The van der Waals surface area contributed by atoms with Crippen LogP contribution >= 0.6 is 0 Å². The van der Waals surface area contributed by atoms with Gasteiger partial charge in [-0.15, -0.1) is 0 Å². The van der Waals surface area contributed by atoms with Crippen LogP contribution in [0.4, 0.5) is 0 Å². The fourth-order valence-corrected chi connectivity index (χ4v) is 2.90. The van der Waals surface area contributed by atoms with Gasteiger partial charge in [0.05, 0.1) is 0 Å². The second-order valence-corrected chi connectivity index (χ2v) is 5.87. The molecule has 0 atom stereocenters. The van der Waals surface area contributed by atoms with Crippen molar-refractivity contribution in [2.45, 2.75) is 32.1 Å². The van der Waals surface area contributed by atoms with Gasteiger partial charge in [0.25, 0.3) is 0 Å². The Morgan fingerprint density at radius 2 is 1.84 bits per heavy atom. The van der Waals surface area contributed by atoms with Gasteiger partial charge < -0.3 is 10.2 Å². The molecule has 1 aliphatic heterocycles. The number of nitrogens with one attached hydrogen (secondary N) is 1. The van der Waals surface area contributed by atoms with Gasteiger partial charge in [-0.1, -0.05) is 30.3 Å². The van der Waals surface area contributed by atoms with Gasteiger partial charge in [0.2, 0.25) is 0 Å². The van der Waals surface area contributed by atoms with Gasteiger partial charge in [0.1, 0.15) is 0 Å². The number of likely N-dealkylation sites (N-methyl/N-ethyl adjacent to an activating group) is 1. The predicted octanol–water partition coefficient (Wildman–Crippen LogP) is 2.94. The Kier molecular flexibility index (Phi) is 6.38. The third-order valence-corrected chi connectivity index (χ3v) is 4.24. The highest BCUT2D eigenvalue weighted by atomic mass is 15.1. The maximum atomic E-state index is 3.44.